The van der Waals surface area contributed by atoms with Crippen molar-refractivity contribution in [3.8, 4) is 0 Å². The molecule has 1 unspecified atom stereocenters. The van der Waals surface area contributed by atoms with Crippen LogP contribution in [-0.4, -0.2) is 282 Å². The van der Waals surface area contributed by atoms with Crippen molar-refractivity contribution in [2.75, 3.05) is 80.5 Å². The van der Waals surface area contributed by atoms with Crippen LogP contribution in [0.3, 0.4) is 0 Å². The molecule has 0 aromatic rings. The van der Waals surface area contributed by atoms with Gasteiger partial charge in [-0.15, -0.1) is 0 Å². The van der Waals surface area contributed by atoms with Crippen molar-refractivity contribution in [1.29, 1.82) is 0 Å². The van der Waals surface area contributed by atoms with Gasteiger partial charge >= 0.3 is 0 Å². The van der Waals surface area contributed by atoms with Crippen molar-refractivity contribution in [3.63, 3.8) is 0 Å². The summed E-state index contributed by atoms with van der Waals surface area (Å²) < 4.78 is 28.8. The normalized spacial score (nSPS) is 27.5. The van der Waals surface area contributed by atoms with Gasteiger partial charge in [0, 0.05) is 55.4 Å². The van der Waals surface area contributed by atoms with Crippen LogP contribution in [0.5, 0.6) is 0 Å². The van der Waals surface area contributed by atoms with E-state index in [-0.39, 0.29) is 68.5 Å². The number of rotatable bonds is 21. The molecule has 4 N–H and O–H groups in total. The van der Waals surface area contributed by atoms with E-state index in [9.17, 15) is 37.5 Å². The highest BCUT2D eigenvalue weighted by Gasteiger charge is 2.49. The quantitative estimate of drug-likeness (QED) is 0.120. The van der Waals surface area contributed by atoms with E-state index in [2.05, 4.69) is 16.0 Å². The lowest BCUT2D eigenvalue weighted by Gasteiger charge is -2.41. The Labute approximate surface area is 575 Å². The maximum Gasteiger partial charge on any atom is 0.246 e. The lowest BCUT2D eigenvalue weighted by molar-refractivity contribution is -0.157. The molecule has 2 aliphatic heterocycles. The Bertz CT molecular complexity index is 2810. The van der Waals surface area contributed by atoms with E-state index < -0.39 is 177 Å². The number of aliphatic hydroxyl groups is 1. The standard InChI is InChI=1S/C69H124N12O14S/c1-26-30-32-45(15)58(82)57-61(85)71-49(27-2)63(87)77(23)54(39-96(94,95)34-31-33-80(28-3)29-4)66(90)73(19)50(35-40(5)6)60(84)72-55(43(11)12)68(92)76(22)53-38-46(16)81(67(53)91)48(18)59(83)70-47(17)62(86)74(20)51(36-41(7)8)64(88)75(21)52(37-42(9)10)65(89)78(24)56(44(13)14)69(93)79(57)25/h26,30,40-58,82H,27-29,31-39H2,1-25H3,(H,70,83)(H,71,85)(H,72,84)/t45-,46?,47+,48-,49-,50+,51-,52-,53-,54-,55-,56-,57-,58-/m1/s1. The van der Waals surface area contributed by atoms with Gasteiger partial charge in [0.05, 0.1) is 17.6 Å². The topological polar surface area (TPSA) is 307 Å². The number of aliphatic hydroxyl groups excluding tert-OH is 1. The van der Waals surface area contributed by atoms with Gasteiger partial charge in [-0.05, 0) is 128 Å². The number of fused-ring (bicyclic) bond motifs is 2. The highest BCUT2D eigenvalue weighted by molar-refractivity contribution is 7.91. The van der Waals surface area contributed by atoms with E-state index in [4.69, 9.17) is 0 Å². The number of hydrogen-bond donors (Lipinski definition) is 4. The Hall–Kier alpha value is -6.22. The molecule has 2 saturated heterocycles. The number of carbonyl (C=O) groups excluding carboxylic acids is 11. The van der Waals surface area contributed by atoms with Crippen LogP contribution < -0.4 is 16.0 Å². The first-order valence-electron chi connectivity index (χ1n) is 34.7. The van der Waals surface area contributed by atoms with Crippen LogP contribution >= 0.6 is 0 Å². The summed E-state index contributed by atoms with van der Waals surface area (Å²) in [7, 11) is 5.39. The molecule has 0 saturated carbocycles. The summed E-state index contributed by atoms with van der Waals surface area (Å²) >= 11 is 0. The van der Waals surface area contributed by atoms with Crippen LogP contribution in [0.25, 0.3) is 0 Å². The molecule has 14 atom stereocenters. The molecule has 0 aromatic heterocycles. The summed E-state index contributed by atoms with van der Waals surface area (Å²) in [6.07, 6.45) is 2.58. The van der Waals surface area contributed by atoms with Gasteiger partial charge in [0.1, 0.15) is 66.5 Å². The highest BCUT2D eigenvalue weighted by Crippen LogP contribution is 2.29. The van der Waals surface area contributed by atoms with E-state index in [0.29, 0.717) is 19.6 Å². The van der Waals surface area contributed by atoms with E-state index >= 15 is 28.8 Å². The summed E-state index contributed by atoms with van der Waals surface area (Å²) in [5, 5.41) is 20.6. The van der Waals surface area contributed by atoms with Gasteiger partial charge in [-0.1, -0.05) is 109 Å². The fourth-order valence-electron chi connectivity index (χ4n) is 13.0. The molecule has 2 heterocycles. The number of nitrogens with one attached hydrogen (secondary N) is 3. The smallest absolute Gasteiger partial charge is 0.246 e. The van der Waals surface area contributed by atoms with Crippen LogP contribution in [0, 0.1) is 35.5 Å². The SMILES string of the molecule is CC=CC[C@@H](C)[C@@H](O)[C@@H]1C(=O)N[C@H](CC)C(=O)N(C)[C@H](CS(=O)(=O)CCCN(CC)CC)C(=O)N(C)[C@@H](CC(C)C)C(=O)N[C@H](C(C)C)C(=O)N(C)[C@@H]2CC(C)N(C2=O)[C@H](C)C(=O)N[C@@H](C)C(=O)N(C)[C@H](CC(C)C)C(=O)N(C)[C@H](CC(C)C)C(=O)N(C)[C@H](C(C)C)C(=O)N1C. The molecule has 0 spiro atoms. The molecule has 11 amide bonds. The van der Waals surface area contributed by atoms with Crippen molar-refractivity contribution in [3.05, 3.63) is 12.2 Å². The van der Waals surface area contributed by atoms with Crippen LogP contribution in [0.1, 0.15) is 170 Å². The van der Waals surface area contributed by atoms with Crippen molar-refractivity contribution in [1.82, 2.24) is 60.0 Å². The predicted octanol–water partition coefficient (Wildman–Crippen LogP) is 3.24. The van der Waals surface area contributed by atoms with Gasteiger partial charge < -0.3 is 65.2 Å². The fraction of sp³-hybridized carbons (Fsp3) is 0.812. The zero-order valence-corrected chi connectivity index (χ0v) is 63.6. The van der Waals surface area contributed by atoms with Gasteiger partial charge in [-0.2, -0.15) is 0 Å². The molecule has 96 heavy (non-hydrogen) atoms. The second-order valence-electron chi connectivity index (χ2n) is 28.9. The van der Waals surface area contributed by atoms with Crippen molar-refractivity contribution in [2.24, 2.45) is 35.5 Å². The molecule has 550 valence electrons. The van der Waals surface area contributed by atoms with Crippen molar-refractivity contribution < 1.29 is 66.3 Å². The third-order valence-corrected chi connectivity index (χ3v) is 21.0. The Balaban J connectivity index is 3.15. The van der Waals surface area contributed by atoms with E-state index in [1.165, 1.54) is 87.7 Å². The summed E-state index contributed by atoms with van der Waals surface area (Å²) in [6, 6.07) is -15.5. The number of likely N-dealkylation sites (N-methyl/N-ethyl adjacent to an activating group) is 7. The first-order valence-corrected chi connectivity index (χ1v) is 36.6. The lowest BCUT2D eigenvalue weighted by Crippen LogP contribution is -2.64. The van der Waals surface area contributed by atoms with E-state index in [1.807, 2.05) is 46.4 Å². The van der Waals surface area contributed by atoms with E-state index in [1.54, 1.807) is 81.4 Å². The second kappa shape index (κ2) is 38.2. The number of carbonyl (C=O) groups is 11. The number of sulfone groups is 1. The zero-order chi connectivity index (χ0) is 74.0. The molecule has 27 heteroatoms. The average Bonchev–Trinajstić information content (AvgIpc) is 1.17. The van der Waals surface area contributed by atoms with Crippen LogP contribution in [-0.2, 0) is 62.6 Å². The minimum Gasteiger partial charge on any atom is -0.390 e. The molecule has 0 aromatic carbocycles. The van der Waals surface area contributed by atoms with Gasteiger partial charge in [-0.3, -0.25) is 52.7 Å². The lowest BCUT2D eigenvalue weighted by atomic mass is 9.91. The third kappa shape index (κ3) is 22.4. The predicted molar refractivity (Wildman–Crippen MR) is 372 cm³/mol. The Morgan fingerprint density at radius 1 is 0.531 bits per heavy atom. The largest absolute Gasteiger partial charge is 0.390 e. The third-order valence-electron chi connectivity index (χ3n) is 19.2. The molecule has 0 aliphatic carbocycles. The highest BCUT2D eigenvalue weighted by atomic mass is 32.2. The van der Waals surface area contributed by atoms with Gasteiger partial charge in [0.2, 0.25) is 65.0 Å². The minimum absolute atomic E-state index is 0.00185. The van der Waals surface area contributed by atoms with Gasteiger partial charge in [-0.25, -0.2) is 8.42 Å². The molecule has 0 radical (unpaired) electrons. The Morgan fingerprint density at radius 3 is 1.48 bits per heavy atom. The van der Waals surface area contributed by atoms with Crippen LogP contribution in [0.2, 0.25) is 0 Å². The number of allylic oxidation sites excluding steroid dienone is 2. The maximum atomic E-state index is 15.4. The molecule has 26 nitrogen and oxygen atoms in total. The van der Waals surface area contributed by atoms with Crippen molar-refractivity contribution >= 4 is 74.8 Å². The van der Waals surface area contributed by atoms with Gasteiger partial charge in [0.15, 0.2) is 9.84 Å². The summed E-state index contributed by atoms with van der Waals surface area (Å²) in [6.45, 7) is 33.2. The van der Waals surface area contributed by atoms with Crippen molar-refractivity contribution in [2.45, 2.75) is 248 Å². The number of hydrogen-bond acceptors (Lipinski definition) is 15. The minimum atomic E-state index is -4.19. The van der Waals surface area contributed by atoms with Crippen LogP contribution in [0.15, 0.2) is 12.2 Å². The molecule has 2 rings (SSSR count). The van der Waals surface area contributed by atoms with Gasteiger partial charge in [0.25, 0.3) is 0 Å². The first-order chi connectivity index (χ1) is 44.4. The molecular weight excluding hydrogens is 1250 g/mol. The maximum absolute atomic E-state index is 15.4. The molecule has 2 bridgehead atoms. The monoisotopic (exact) mass is 1380 g/mol. The average molecular weight is 1380 g/mol. The molecule has 2 aliphatic rings. The summed E-state index contributed by atoms with van der Waals surface area (Å²) in [4.78, 5) is 176. The van der Waals surface area contributed by atoms with Crippen LogP contribution in [0.4, 0.5) is 0 Å². The zero-order valence-electron chi connectivity index (χ0n) is 62.8. The summed E-state index contributed by atoms with van der Waals surface area (Å²) in [5.74, 6) is -12.1. The first kappa shape index (κ1) is 85.9. The Kier molecular flexibility index (Phi) is 34.2. The molecular formula is C69H124N12O14S. The summed E-state index contributed by atoms with van der Waals surface area (Å²) in [5.41, 5.74) is 0. The molecule has 2 fully saturated rings. The Morgan fingerprint density at radius 2 is 1.00 bits per heavy atom. The number of nitrogens with zero attached hydrogens (tertiary/aromatic N) is 9. The second-order valence-corrected chi connectivity index (χ2v) is 31.2. The number of amides is 11. The fourth-order valence-corrected chi connectivity index (χ4v) is 14.6. The van der Waals surface area contributed by atoms with E-state index in [0.717, 1.165) is 14.7 Å².